The molecule has 7 aromatic carbocycles. The van der Waals surface area contributed by atoms with Crippen LogP contribution in [0, 0.1) is 18.8 Å². The van der Waals surface area contributed by atoms with E-state index in [2.05, 4.69) is 283 Å². The first kappa shape index (κ1) is 53.4. The molecule has 10 rings (SSSR count). The Bertz CT molecular complexity index is 3540. The second kappa shape index (κ2) is 19.9. The third-order valence-electron chi connectivity index (χ3n) is 15.3. The maximum absolute atomic E-state index is 7.02. The third-order valence-corrected chi connectivity index (χ3v) is 15.3. The zero-order chi connectivity index (χ0) is 52.6. The molecule has 9 aromatic rings. The molecular weight excluding hydrogens is 1100 g/mol. The Balaban J connectivity index is 0.00000689. The zero-order valence-electron chi connectivity index (χ0n) is 46.7. The molecule has 0 spiro atoms. The summed E-state index contributed by atoms with van der Waals surface area (Å²) in [6, 6.07) is 61.1. The van der Waals surface area contributed by atoms with Crippen LogP contribution in [0.4, 0.5) is 22.7 Å². The molecule has 1 aliphatic heterocycles. The smallest absolute Gasteiger partial charge is 0.135 e. The normalized spacial score (nSPS) is 13.3. The van der Waals surface area contributed by atoms with E-state index in [-0.39, 0.29) is 42.7 Å². The summed E-state index contributed by atoms with van der Waals surface area (Å²) in [6.45, 7) is 36.4. The van der Waals surface area contributed by atoms with Crippen molar-refractivity contribution in [1.29, 1.82) is 0 Å². The van der Waals surface area contributed by atoms with Gasteiger partial charge < -0.3 is 19.1 Å². The van der Waals surface area contributed by atoms with Crippen molar-refractivity contribution in [2.75, 3.05) is 9.80 Å². The van der Waals surface area contributed by atoms with Gasteiger partial charge in [0.1, 0.15) is 5.82 Å². The van der Waals surface area contributed by atoms with Crippen molar-refractivity contribution in [2.45, 2.75) is 137 Å². The minimum atomic E-state index is -0.216. The van der Waals surface area contributed by atoms with Gasteiger partial charge in [-0.15, -0.1) is 53.6 Å². The number of ether oxygens (including phenoxy) is 1. The van der Waals surface area contributed by atoms with Crippen LogP contribution in [-0.4, -0.2) is 9.55 Å². The van der Waals surface area contributed by atoms with Crippen LogP contribution in [0.15, 0.2) is 152 Å². The number of aromatic nitrogens is 2. The van der Waals surface area contributed by atoms with Gasteiger partial charge in [-0.25, -0.2) is 4.98 Å². The Morgan fingerprint density at radius 1 is 0.507 bits per heavy atom. The average Bonchev–Trinajstić information content (AvgIpc) is 3.91. The quantitative estimate of drug-likeness (QED) is 0.128. The molecule has 0 saturated heterocycles. The number of benzene rings is 7. The summed E-state index contributed by atoms with van der Waals surface area (Å²) >= 11 is 0. The molecule has 6 heteroatoms. The minimum Gasteiger partial charge on any atom is -0.509 e. The second-order valence-electron chi connectivity index (χ2n) is 24.7. The largest absolute Gasteiger partial charge is 0.509 e. The van der Waals surface area contributed by atoms with Gasteiger partial charge in [-0.3, -0.25) is 0 Å². The van der Waals surface area contributed by atoms with Gasteiger partial charge in [-0.2, -0.15) is 6.07 Å². The fraction of sp³-hybridized carbons (Fsp3) is 0.304. The van der Waals surface area contributed by atoms with Gasteiger partial charge in [0.15, 0.2) is 0 Å². The summed E-state index contributed by atoms with van der Waals surface area (Å²) < 4.78 is 9.28. The van der Waals surface area contributed by atoms with Crippen LogP contribution < -0.4 is 14.5 Å². The maximum atomic E-state index is 7.02. The Labute approximate surface area is 462 Å². The third kappa shape index (κ3) is 10.2. The van der Waals surface area contributed by atoms with E-state index < -0.39 is 0 Å². The predicted octanol–water partition coefficient (Wildman–Crippen LogP) is 19.1. The van der Waals surface area contributed by atoms with E-state index in [1.54, 1.807) is 0 Å². The van der Waals surface area contributed by atoms with Crippen LogP contribution in [0.25, 0.3) is 38.8 Å². The van der Waals surface area contributed by atoms with Crippen molar-refractivity contribution >= 4 is 44.6 Å². The van der Waals surface area contributed by atoms with Gasteiger partial charge in [0.25, 0.3) is 0 Å². The number of nitrogens with zero attached hydrogens (tertiary/aromatic N) is 4. The minimum absolute atomic E-state index is 0. The SMILES string of the molecule is CC(C)c1cccc(C(C)C)c1-c1ccc2c(c1)N(c1cccc(C(C)(C)C)c1)[CH-]N2c1[c-]c(Oc2[c-]c3c(cc2)c2cc(C(C)(C)c4ccccc4)ccc2n3-c2cc(C(C)(C)C)ccn2)cc(C(C)(C)C)c1.[Pt]. The number of fused-ring (bicyclic) bond motifs is 4. The molecule has 0 saturated carbocycles. The summed E-state index contributed by atoms with van der Waals surface area (Å²) in [5.41, 5.74) is 17.1. The van der Waals surface area contributed by atoms with Gasteiger partial charge in [0.05, 0.1) is 0 Å². The van der Waals surface area contributed by atoms with Crippen molar-refractivity contribution in [3.8, 4) is 28.4 Å². The molecule has 388 valence electrons. The van der Waals surface area contributed by atoms with E-state index in [0.29, 0.717) is 23.3 Å². The molecule has 0 amide bonds. The Morgan fingerprint density at radius 3 is 1.83 bits per heavy atom. The average molecular weight is 1170 g/mol. The standard InChI is InChI=1S/C69H73N4O.Pt/c1-44(2)56-25-20-26-57(45(3)4)65(56)46-27-31-61-63(35-46)71(52-24-19-23-48(36-52)66(5,6)7)43-72(61)53-37-51(68(11,12)13)38-55(41-53)74-54-29-30-58-59-39-50(69(14,15)47-21-17-16-18-22-47)28-32-60(59)73(62(58)42-54)64-40-49(33-34-70-64)67(8,9)10;/h16-40,43-45H,1-15H3;/q-3;. The molecule has 0 unspecified atom stereocenters. The summed E-state index contributed by atoms with van der Waals surface area (Å²) in [4.78, 5) is 9.66. The van der Waals surface area contributed by atoms with E-state index in [1.807, 2.05) is 6.20 Å². The van der Waals surface area contributed by atoms with E-state index >= 15 is 0 Å². The summed E-state index contributed by atoms with van der Waals surface area (Å²) in [5.74, 6) is 2.82. The first-order chi connectivity index (χ1) is 35.0. The molecule has 2 aromatic heterocycles. The van der Waals surface area contributed by atoms with E-state index in [1.165, 1.54) is 44.5 Å². The molecule has 0 N–H and O–H groups in total. The predicted molar refractivity (Wildman–Crippen MR) is 313 cm³/mol. The first-order valence-corrected chi connectivity index (χ1v) is 26.6. The summed E-state index contributed by atoms with van der Waals surface area (Å²) in [5, 5.41) is 2.23. The van der Waals surface area contributed by atoms with Gasteiger partial charge in [-0.05, 0) is 120 Å². The molecule has 0 atom stereocenters. The van der Waals surface area contributed by atoms with Crippen molar-refractivity contribution < 1.29 is 25.8 Å². The van der Waals surface area contributed by atoms with Crippen LogP contribution >= 0.6 is 0 Å². The second-order valence-corrected chi connectivity index (χ2v) is 24.7. The molecule has 0 radical (unpaired) electrons. The maximum Gasteiger partial charge on any atom is 0.135 e. The van der Waals surface area contributed by atoms with Crippen LogP contribution in [0.2, 0.25) is 0 Å². The molecule has 0 fully saturated rings. The molecule has 3 heterocycles. The van der Waals surface area contributed by atoms with E-state index in [9.17, 15) is 0 Å². The summed E-state index contributed by atoms with van der Waals surface area (Å²) in [6.07, 6.45) is 1.93. The zero-order valence-corrected chi connectivity index (χ0v) is 49.0. The fourth-order valence-electron chi connectivity index (χ4n) is 10.6. The van der Waals surface area contributed by atoms with Gasteiger partial charge in [0.2, 0.25) is 0 Å². The number of pyridine rings is 1. The van der Waals surface area contributed by atoms with Crippen molar-refractivity contribution in [2.24, 2.45) is 0 Å². The van der Waals surface area contributed by atoms with Crippen LogP contribution in [0.1, 0.15) is 155 Å². The van der Waals surface area contributed by atoms with Crippen LogP contribution in [-0.2, 0) is 42.7 Å². The Kier molecular flexibility index (Phi) is 14.2. The van der Waals surface area contributed by atoms with Crippen molar-refractivity contribution in [1.82, 2.24) is 9.55 Å². The summed E-state index contributed by atoms with van der Waals surface area (Å²) in [7, 11) is 0. The van der Waals surface area contributed by atoms with Crippen LogP contribution in [0.3, 0.4) is 0 Å². The van der Waals surface area contributed by atoms with Crippen molar-refractivity contribution in [3.63, 3.8) is 0 Å². The van der Waals surface area contributed by atoms with Gasteiger partial charge >= 0.3 is 0 Å². The topological polar surface area (TPSA) is 33.5 Å². The first-order valence-electron chi connectivity index (χ1n) is 26.6. The molecular formula is C69H73N4OPt-3. The molecule has 0 aliphatic carbocycles. The molecule has 1 aliphatic rings. The number of anilines is 4. The molecule has 5 nitrogen and oxygen atoms in total. The molecule has 0 bridgehead atoms. The van der Waals surface area contributed by atoms with Crippen LogP contribution in [0.5, 0.6) is 11.5 Å². The number of hydrogen-bond acceptors (Lipinski definition) is 4. The Morgan fingerprint density at radius 2 is 1.16 bits per heavy atom. The monoisotopic (exact) mass is 1170 g/mol. The Hall–Kier alpha value is -6.42. The van der Waals surface area contributed by atoms with Crippen molar-refractivity contribution in [3.05, 3.63) is 210 Å². The molecule has 75 heavy (non-hydrogen) atoms. The van der Waals surface area contributed by atoms with E-state index in [0.717, 1.165) is 55.9 Å². The van der Waals surface area contributed by atoms with E-state index in [4.69, 9.17) is 9.72 Å². The number of hydrogen-bond donors (Lipinski definition) is 0. The fourth-order valence-corrected chi connectivity index (χ4v) is 10.6. The van der Waals surface area contributed by atoms with Gasteiger partial charge in [0, 0.05) is 66.8 Å². The number of rotatable bonds is 10. The van der Waals surface area contributed by atoms with Gasteiger partial charge in [-0.1, -0.05) is 188 Å².